The first kappa shape index (κ1) is 21.7. The summed E-state index contributed by atoms with van der Waals surface area (Å²) in [6, 6.07) is 43.5. The molecule has 38 heavy (non-hydrogen) atoms. The van der Waals surface area contributed by atoms with Crippen LogP contribution in [0, 0.1) is 0 Å². The van der Waals surface area contributed by atoms with Gasteiger partial charge < -0.3 is 0 Å². The Hall–Kier alpha value is -4.31. The van der Waals surface area contributed by atoms with Crippen molar-refractivity contribution in [3.8, 4) is 33.5 Å². The van der Waals surface area contributed by atoms with Gasteiger partial charge in [-0.05, 0) is 35.4 Å². The summed E-state index contributed by atoms with van der Waals surface area (Å²) < 4.78 is 5.34. The molecule has 0 N–H and O–H groups in total. The van der Waals surface area contributed by atoms with E-state index in [1.54, 1.807) is 0 Å². The molecule has 3 aromatic heterocycles. The molecular formula is C35H21NS2. The maximum atomic E-state index is 4.76. The minimum Gasteiger partial charge on any atom is -0.256 e. The zero-order valence-electron chi connectivity index (χ0n) is 20.4. The van der Waals surface area contributed by atoms with Crippen molar-refractivity contribution in [2.45, 2.75) is 0 Å². The smallest absolute Gasteiger partial charge is 0.0708 e. The van der Waals surface area contributed by atoms with E-state index in [-0.39, 0.29) is 0 Å². The molecule has 0 radical (unpaired) electrons. The number of aromatic nitrogens is 1. The molecule has 8 aromatic rings. The van der Waals surface area contributed by atoms with Crippen molar-refractivity contribution in [1.29, 1.82) is 0 Å². The number of nitrogens with zero attached hydrogens (tertiary/aromatic N) is 1. The zero-order chi connectivity index (χ0) is 25.1. The molecule has 8 rings (SSSR count). The number of hydrogen-bond acceptors (Lipinski definition) is 3. The zero-order valence-corrected chi connectivity index (χ0v) is 22.0. The van der Waals surface area contributed by atoms with Crippen LogP contribution in [0.4, 0.5) is 0 Å². The summed E-state index contributed by atoms with van der Waals surface area (Å²) in [6.45, 7) is 0. The molecule has 0 aliphatic carbocycles. The van der Waals surface area contributed by atoms with Crippen molar-refractivity contribution >= 4 is 63.0 Å². The molecule has 0 saturated carbocycles. The summed E-state index contributed by atoms with van der Waals surface area (Å²) >= 11 is 3.81. The van der Waals surface area contributed by atoms with Gasteiger partial charge in [-0.15, -0.1) is 22.7 Å². The van der Waals surface area contributed by atoms with E-state index in [9.17, 15) is 0 Å². The standard InChI is InChI=1S/C35H21NS2/c1-3-11-22(12-4-1)27-21-24(19-20-36-27)31-30(23-13-5-2-6-14-23)34-32(25-15-7-9-17-28(25)37-34)33-26-16-8-10-18-29(26)38-35(31)33/h1-21H. The highest BCUT2D eigenvalue weighted by molar-refractivity contribution is 7.29. The summed E-state index contributed by atoms with van der Waals surface area (Å²) in [5, 5.41) is 5.41. The van der Waals surface area contributed by atoms with E-state index in [2.05, 4.69) is 121 Å². The van der Waals surface area contributed by atoms with E-state index in [1.807, 2.05) is 28.9 Å². The van der Waals surface area contributed by atoms with E-state index in [4.69, 9.17) is 4.98 Å². The molecule has 5 aromatic carbocycles. The van der Waals surface area contributed by atoms with Crippen molar-refractivity contribution in [3.63, 3.8) is 0 Å². The third-order valence-corrected chi connectivity index (χ3v) is 9.70. The second-order valence-electron chi connectivity index (χ2n) is 9.52. The van der Waals surface area contributed by atoms with Crippen LogP contribution in [0.1, 0.15) is 0 Å². The summed E-state index contributed by atoms with van der Waals surface area (Å²) in [4.78, 5) is 4.76. The predicted molar refractivity (Wildman–Crippen MR) is 166 cm³/mol. The average Bonchev–Trinajstić information content (AvgIpc) is 3.56. The van der Waals surface area contributed by atoms with Crippen LogP contribution < -0.4 is 0 Å². The Morgan fingerprint density at radius 1 is 0.447 bits per heavy atom. The van der Waals surface area contributed by atoms with Gasteiger partial charge in [-0.25, -0.2) is 0 Å². The molecule has 3 heteroatoms. The molecule has 3 heterocycles. The number of rotatable bonds is 3. The van der Waals surface area contributed by atoms with Crippen molar-refractivity contribution in [1.82, 2.24) is 4.98 Å². The van der Waals surface area contributed by atoms with Gasteiger partial charge in [0.25, 0.3) is 0 Å². The van der Waals surface area contributed by atoms with Crippen molar-refractivity contribution in [2.75, 3.05) is 0 Å². The van der Waals surface area contributed by atoms with Crippen molar-refractivity contribution < 1.29 is 0 Å². The lowest BCUT2D eigenvalue weighted by atomic mass is 9.90. The summed E-state index contributed by atoms with van der Waals surface area (Å²) in [7, 11) is 0. The van der Waals surface area contributed by atoms with Crippen molar-refractivity contribution in [3.05, 3.63) is 128 Å². The van der Waals surface area contributed by atoms with Crippen LogP contribution in [0.2, 0.25) is 0 Å². The van der Waals surface area contributed by atoms with Crippen LogP contribution in [-0.4, -0.2) is 4.98 Å². The number of thiophene rings is 2. The summed E-state index contributed by atoms with van der Waals surface area (Å²) in [6.07, 6.45) is 1.96. The maximum Gasteiger partial charge on any atom is 0.0708 e. The lowest BCUT2D eigenvalue weighted by Crippen LogP contribution is -1.90. The van der Waals surface area contributed by atoms with Gasteiger partial charge in [-0.1, -0.05) is 97.1 Å². The van der Waals surface area contributed by atoms with Gasteiger partial charge in [0.05, 0.1) is 5.69 Å². The SMILES string of the molecule is c1ccc(-c2cc(-c3c(-c4ccccc4)c4sc5ccccc5c4c4c3sc3ccccc34)ccn2)cc1. The van der Waals surface area contributed by atoms with E-state index in [1.165, 1.54) is 62.6 Å². The minimum atomic E-state index is 0.993. The third kappa shape index (κ3) is 3.26. The van der Waals surface area contributed by atoms with Crippen molar-refractivity contribution in [2.24, 2.45) is 0 Å². The van der Waals surface area contributed by atoms with E-state index >= 15 is 0 Å². The second-order valence-corrected chi connectivity index (χ2v) is 11.6. The molecule has 0 unspecified atom stereocenters. The van der Waals surface area contributed by atoms with E-state index in [0.717, 1.165) is 11.3 Å². The van der Waals surface area contributed by atoms with Crippen LogP contribution in [-0.2, 0) is 0 Å². The first-order chi connectivity index (χ1) is 18.9. The van der Waals surface area contributed by atoms with Gasteiger partial charge in [0.2, 0.25) is 0 Å². The van der Waals surface area contributed by atoms with Crippen LogP contribution in [0.25, 0.3) is 73.9 Å². The van der Waals surface area contributed by atoms with E-state index in [0.29, 0.717) is 0 Å². The molecule has 0 saturated heterocycles. The highest BCUT2D eigenvalue weighted by atomic mass is 32.1. The largest absolute Gasteiger partial charge is 0.256 e. The van der Waals surface area contributed by atoms with Gasteiger partial charge in [0.1, 0.15) is 0 Å². The monoisotopic (exact) mass is 519 g/mol. The first-order valence-electron chi connectivity index (χ1n) is 12.7. The summed E-state index contributed by atoms with van der Waals surface area (Å²) in [5.74, 6) is 0. The Kier molecular flexibility index (Phi) is 4.94. The lowest BCUT2D eigenvalue weighted by molar-refractivity contribution is 1.33. The topological polar surface area (TPSA) is 12.9 Å². The molecule has 0 fully saturated rings. The average molecular weight is 520 g/mol. The van der Waals surface area contributed by atoms with E-state index < -0.39 is 0 Å². The summed E-state index contributed by atoms with van der Waals surface area (Å²) in [5.41, 5.74) is 7.18. The Labute approximate surface area is 228 Å². The van der Waals surface area contributed by atoms with Crippen LogP contribution in [0.3, 0.4) is 0 Å². The molecule has 0 spiro atoms. The van der Waals surface area contributed by atoms with Gasteiger partial charge in [0, 0.05) is 63.2 Å². The molecule has 0 atom stereocenters. The molecule has 0 aliphatic rings. The highest BCUT2D eigenvalue weighted by Crippen LogP contribution is 2.53. The number of benzene rings is 5. The van der Waals surface area contributed by atoms with Crippen LogP contribution in [0.5, 0.6) is 0 Å². The molecule has 178 valence electrons. The fourth-order valence-corrected chi connectivity index (χ4v) is 8.24. The predicted octanol–water partition coefficient (Wildman–Crippen LogP) is 10.8. The number of hydrogen-bond donors (Lipinski definition) is 0. The Morgan fingerprint density at radius 2 is 0.947 bits per heavy atom. The highest BCUT2D eigenvalue weighted by Gasteiger charge is 2.24. The Bertz CT molecular complexity index is 2120. The van der Waals surface area contributed by atoms with Gasteiger partial charge in [-0.3, -0.25) is 4.98 Å². The fourth-order valence-electron chi connectivity index (χ4n) is 5.67. The molecule has 0 amide bonds. The van der Waals surface area contributed by atoms with Crippen LogP contribution in [0.15, 0.2) is 128 Å². The number of fused-ring (bicyclic) bond motifs is 7. The third-order valence-electron chi connectivity index (χ3n) is 7.33. The van der Waals surface area contributed by atoms with Gasteiger partial charge in [-0.2, -0.15) is 0 Å². The molecule has 0 bridgehead atoms. The van der Waals surface area contributed by atoms with Gasteiger partial charge >= 0.3 is 0 Å². The minimum absolute atomic E-state index is 0.993. The van der Waals surface area contributed by atoms with Crippen LogP contribution >= 0.6 is 22.7 Å². The Balaban J connectivity index is 1.60. The fraction of sp³-hybridized carbons (Fsp3) is 0. The lowest BCUT2D eigenvalue weighted by Gasteiger charge is -2.15. The second kappa shape index (κ2) is 8.63. The molecule has 1 nitrogen and oxygen atoms in total. The Morgan fingerprint density at radius 3 is 1.55 bits per heavy atom. The maximum absolute atomic E-state index is 4.76. The quantitative estimate of drug-likeness (QED) is 0.226. The number of pyridine rings is 1. The first-order valence-corrected chi connectivity index (χ1v) is 14.4. The normalized spacial score (nSPS) is 11.7. The van der Waals surface area contributed by atoms with Gasteiger partial charge in [0.15, 0.2) is 0 Å². The molecular weight excluding hydrogens is 499 g/mol. The molecule has 0 aliphatic heterocycles.